The van der Waals surface area contributed by atoms with Crippen molar-refractivity contribution in [3.05, 3.63) is 46.5 Å². The summed E-state index contributed by atoms with van der Waals surface area (Å²) in [5, 5.41) is 19.1. The molecule has 1 aliphatic carbocycles. The van der Waals surface area contributed by atoms with E-state index in [1.165, 1.54) is 0 Å². The van der Waals surface area contributed by atoms with E-state index in [1.807, 2.05) is 31.3 Å². The van der Waals surface area contributed by atoms with E-state index in [2.05, 4.69) is 26.1 Å². The van der Waals surface area contributed by atoms with Crippen LogP contribution in [0.3, 0.4) is 0 Å². The summed E-state index contributed by atoms with van der Waals surface area (Å²) >= 11 is 3.45. The zero-order chi connectivity index (χ0) is 12.8. The predicted octanol–water partition coefficient (Wildman–Crippen LogP) is 2.22. The molecule has 0 aliphatic heterocycles. The first kappa shape index (κ1) is 11.9. The van der Waals surface area contributed by atoms with Crippen molar-refractivity contribution < 1.29 is 5.11 Å². The Morgan fingerprint density at radius 2 is 2.22 bits per heavy atom. The summed E-state index contributed by atoms with van der Waals surface area (Å²) in [6.07, 6.45) is 3.67. The molecule has 1 aromatic heterocycles. The molecule has 0 bridgehead atoms. The minimum absolute atomic E-state index is 0.231. The van der Waals surface area contributed by atoms with Crippen molar-refractivity contribution in [2.24, 2.45) is 13.0 Å². The van der Waals surface area contributed by atoms with E-state index in [9.17, 15) is 5.11 Å². The Kier molecular flexibility index (Phi) is 2.75. The summed E-state index contributed by atoms with van der Waals surface area (Å²) in [5.41, 5.74) is -0.162. The van der Waals surface area contributed by atoms with E-state index in [1.54, 1.807) is 10.9 Å². The zero-order valence-electron chi connectivity index (χ0n) is 10.0. The normalized spacial score (nSPS) is 18.6. The van der Waals surface area contributed by atoms with Gasteiger partial charge in [0.25, 0.3) is 0 Å². The Morgan fingerprint density at radius 1 is 1.44 bits per heavy atom. The van der Waals surface area contributed by atoms with Gasteiger partial charge in [0.05, 0.1) is 0 Å². The van der Waals surface area contributed by atoms with E-state index < -0.39 is 5.60 Å². The zero-order valence-corrected chi connectivity index (χ0v) is 11.6. The fourth-order valence-electron chi connectivity index (χ4n) is 2.40. The maximum Gasteiger partial charge on any atom is 0.169 e. The smallest absolute Gasteiger partial charge is 0.169 e. The average molecular weight is 308 g/mol. The van der Waals surface area contributed by atoms with Crippen LogP contribution in [0.5, 0.6) is 0 Å². The number of aromatic nitrogens is 3. The molecule has 1 N–H and O–H groups in total. The first-order chi connectivity index (χ1) is 8.62. The van der Waals surface area contributed by atoms with Gasteiger partial charge in [0.1, 0.15) is 6.33 Å². The average Bonchev–Trinajstić information content (AvgIpc) is 3.12. The molecule has 0 amide bonds. The van der Waals surface area contributed by atoms with Crippen LogP contribution < -0.4 is 0 Å². The van der Waals surface area contributed by atoms with Gasteiger partial charge < -0.3 is 9.67 Å². The van der Waals surface area contributed by atoms with Gasteiger partial charge in [-0.3, -0.25) is 0 Å². The summed E-state index contributed by atoms with van der Waals surface area (Å²) in [6.45, 7) is 0. The number of hydrogen-bond donors (Lipinski definition) is 1. The molecule has 1 saturated carbocycles. The molecule has 1 aliphatic rings. The summed E-state index contributed by atoms with van der Waals surface area (Å²) < 4.78 is 2.75. The van der Waals surface area contributed by atoms with Crippen molar-refractivity contribution in [3.8, 4) is 0 Å². The Balaban J connectivity index is 2.15. The topological polar surface area (TPSA) is 50.9 Å². The monoisotopic (exact) mass is 307 g/mol. The number of halogens is 1. The van der Waals surface area contributed by atoms with E-state index in [0.717, 1.165) is 22.9 Å². The Hall–Kier alpha value is -1.20. The molecule has 1 heterocycles. The number of aryl methyl sites for hydroxylation is 1. The molecule has 1 atom stereocenters. The van der Waals surface area contributed by atoms with Gasteiger partial charge in [-0.15, -0.1) is 10.2 Å². The minimum atomic E-state index is -1.03. The number of aliphatic hydroxyl groups is 1. The van der Waals surface area contributed by atoms with Gasteiger partial charge in [-0.25, -0.2) is 0 Å². The summed E-state index contributed by atoms with van der Waals surface area (Å²) in [6, 6.07) is 7.78. The molecule has 0 spiro atoms. The molecule has 0 saturated heterocycles. The number of benzene rings is 1. The maximum atomic E-state index is 11.1. The second-order valence-electron chi connectivity index (χ2n) is 4.82. The first-order valence-corrected chi connectivity index (χ1v) is 6.74. The van der Waals surface area contributed by atoms with E-state index in [0.29, 0.717) is 5.82 Å². The molecule has 3 rings (SSSR count). The van der Waals surface area contributed by atoms with Gasteiger partial charge in [0.2, 0.25) is 0 Å². The Labute approximate surface area is 114 Å². The molecule has 5 heteroatoms. The van der Waals surface area contributed by atoms with Gasteiger partial charge in [-0.2, -0.15) is 0 Å². The van der Waals surface area contributed by atoms with Crippen LogP contribution in [0.15, 0.2) is 35.1 Å². The Bertz CT molecular complexity index is 579. The van der Waals surface area contributed by atoms with E-state index >= 15 is 0 Å². The number of hydrogen-bond acceptors (Lipinski definition) is 3. The highest BCUT2D eigenvalue weighted by molar-refractivity contribution is 9.10. The molecular weight excluding hydrogens is 294 g/mol. The SMILES string of the molecule is Cn1cnnc1C(O)(c1cccc(Br)c1)C1CC1. The second kappa shape index (κ2) is 4.17. The third-order valence-corrected chi connectivity index (χ3v) is 3.98. The van der Waals surface area contributed by atoms with E-state index in [4.69, 9.17) is 0 Å². The van der Waals surface area contributed by atoms with Crippen molar-refractivity contribution in [1.82, 2.24) is 14.8 Å². The van der Waals surface area contributed by atoms with Gasteiger partial charge in [0.15, 0.2) is 11.4 Å². The lowest BCUT2D eigenvalue weighted by molar-refractivity contribution is 0.0439. The standard InChI is InChI=1S/C13H14BrN3O/c1-17-8-15-16-12(17)13(18,9-5-6-9)10-3-2-4-11(14)7-10/h2-4,7-9,18H,5-6H2,1H3. The van der Waals surface area contributed by atoms with Crippen molar-refractivity contribution in [2.75, 3.05) is 0 Å². The highest BCUT2D eigenvalue weighted by Crippen LogP contribution is 2.49. The van der Waals surface area contributed by atoms with Crippen LogP contribution in [0, 0.1) is 5.92 Å². The second-order valence-corrected chi connectivity index (χ2v) is 5.73. The lowest BCUT2D eigenvalue weighted by Crippen LogP contribution is -2.33. The molecular formula is C13H14BrN3O. The third-order valence-electron chi connectivity index (χ3n) is 3.49. The van der Waals surface area contributed by atoms with Crippen LogP contribution in [0.2, 0.25) is 0 Å². The van der Waals surface area contributed by atoms with Crippen LogP contribution in [0.1, 0.15) is 24.2 Å². The highest BCUT2D eigenvalue weighted by atomic mass is 79.9. The summed E-state index contributed by atoms with van der Waals surface area (Å²) in [4.78, 5) is 0. The predicted molar refractivity (Wildman–Crippen MR) is 70.9 cm³/mol. The molecule has 0 radical (unpaired) electrons. The van der Waals surface area contributed by atoms with Crippen LogP contribution in [0.25, 0.3) is 0 Å². The lowest BCUT2D eigenvalue weighted by Gasteiger charge is -2.27. The van der Waals surface area contributed by atoms with Crippen molar-refractivity contribution in [3.63, 3.8) is 0 Å². The molecule has 94 valence electrons. The third kappa shape index (κ3) is 1.78. The summed E-state index contributed by atoms with van der Waals surface area (Å²) in [7, 11) is 1.86. The fourth-order valence-corrected chi connectivity index (χ4v) is 2.80. The van der Waals surface area contributed by atoms with Gasteiger partial charge in [-0.1, -0.05) is 28.1 Å². The maximum absolute atomic E-state index is 11.1. The van der Waals surface area contributed by atoms with Crippen molar-refractivity contribution in [2.45, 2.75) is 18.4 Å². The van der Waals surface area contributed by atoms with Gasteiger partial charge in [-0.05, 0) is 36.5 Å². The number of rotatable bonds is 3. The van der Waals surface area contributed by atoms with Gasteiger partial charge >= 0.3 is 0 Å². The van der Waals surface area contributed by atoms with Crippen LogP contribution in [0.4, 0.5) is 0 Å². The summed E-state index contributed by atoms with van der Waals surface area (Å²) in [5.74, 6) is 0.845. The molecule has 1 fully saturated rings. The minimum Gasteiger partial charge on any atom is -0.377 e. The quantitative estimate of drug-likeness (QED) is 0.946. The first-order valence-electron chi connectivity index (χ1n) is 5.95. The largest absolute Gasteiger partial charge is 0.377 e. The fraction of sp³-hybridized carbons (Fsp3) is 0.385. The Morgan fingerprint density at radius 3 is 2.78 bits per heavy atom. The highest BCUT2D eigenvalue weighted by Gasteiger charge is 2.49. The lowest BCUT2D eigenvalue weighted by atomic mass is 9.88. The van der Waals surface area contributed by atoms with Crippen molar-refractivity contribution in [1.29, 1.82) is 0 Å². The number of nitrogens with zero attached hydrogens (tertiary/aromatic N) is 3. The van der Waals surface area contributed by atoms with Crippen LogP contribution in [-0.4, -0.2) is 19.9 Å². The molecule has 1 aromatic carbocycles. The molecule has 4 nitrogen and oxygen atoms in total. The van der Waals surface area contributed by atoms with Gasteiger partial charge in [0, 0.05) is 11.5 Å². The van der Waals surface area contributed by atoms with Crippen LogP contribution >= 0.6 is 15.9 Å². The van der Waals surface area contributed by atoms with Crippen molar-refractivity contribution >= 4 is 15.9 Å². The molecule has 2 aromatic rings. The van der Waals surface area contributed by atoms with Crippen LogP contribution in [-0.2, 0) is 12.6 Å². The molecule has 1 unspecified atom stereocenters. The van der Waals surface area contributed by atoms with E-state index in [-0.39, 0.29) is 5.92 Å². The molecule has 18 heavy (non-hydrogen) atoms.